The Labute approximate surface area is 165 Å². The van der Waals surface area contributed by atoms with Crippen LogP contribution in [0.1, 0.15) is 11.1 Å². The van der Waals surface area contributed by atoms with Crippen LogP contribution in [0.3, 0.4) is 0 Å². The van der Waals surface area contributed by atoms with Crippen LogP contribution in [0.4, 0.5) is 0 Å². The topological polar surface area (TPSA) is 54.9 Å². The SMILES string of the molecule is C=CCn1c(=O)/c(=C/c2cccc(Cl)c2)[nH]c(=O)/c1=C/c1cccc(Cl)c1. The summed E-state index contributed by atoms with van der Waals surface area (Å²) < 4.78 is 1.38. The van der Waals surface area contributed by atoms with Crippen LogP contribution < -0.4 is 21.8 Å². The van der Waals surface area contributed by atoms with Crippen molar-refractivity contribution in [3.63, 3.8) is 0 Å². The van der Waals surface area contributed by atoms with Gasteiger partial charge in [0, 0.05) is 16.6 Å². The first kappa shape index (κ1) is 19.0. The molecule has 0 saturated heterocycles. The zero-order valence-electron chi connectivity index (χ0n) is 14.3. The predicted molar refractivity (Wildman–Crippen MR) is 111 cm³/mol. The van der Waals surface area contributed by atoms with Crippen molar-refractivity contribution in [2.75, 3.05) is 0 Å². The molecule has 1 N–H and O–H groups in total. The maximum absolute atomic E-state index is 12.9. The van der Waals surface area contributed by atoms with Gasteiger partial charge in [0.2, 0.25) is 0 Å². The third-order valence-electron chi connectivity index (χ3n) is 3.87. The number of aromatic amines is 1. The van der Waals surface area contributed by atoms with E-state index < -0.39 is 0 Å². The second kappa shape index (κ2) is 8.25. The summed E-state index contributed by atoms with van der Waals surface area (Å²) in [4.78, 5) is 28.2. The van der Waals surface area contributed by atoms with Crippen LogP contribution in [0.2, 0.25) is 10.0 Å². The molecule has 0 atom stereocenters. The van der Waals surface area contributed by atoms with Crippen molar-refractivity contribution in [3.8, 4) is 0 Å². The standard InChI is InChI=1S/C21H16Cl2N2O2/c1-2-9-25-19(13-15-6-4-8-17(23)11-15)20(26)24-18(21(25)27)12-14-5-3-7-16(22)10-14/h2-8,10-13H,1,9H2,(H,24,26)/b18-12-,19-13-. The van der Waals surface area contributed by atoms with E-state index in [2.05, 4.69) is 11.6 Å². The monoisotopic (exact) mass is 398 g/mol. The molecule has 6 heteroatoms. The Morgan fingerprint density at radius 1 is 0.963 bits per heavy atom. The van der Waals surface area contributed by atoms with Crippen LogP contribution in [-0.4, -0.2) is 9.55 Å². The molecule has 27 heavy (non-hydrogen) atoms. The molecule has 0 aliphatic rings. The first-order chi connectivity index (χ1) is 13.0. The second-order valence-corrected chi connectivity index (χ2v) is 6.73. The smallest absolute Gasteiger partial charge is 0.275 e. The number of hydrogen-bond donors (Lipinski definition) is 1. The fraction of sp³-hybridized carbons (Fsp3) is 0.0476. The summed E-state index contributed by atoms with van der Waals surface area (Å²) in [5.41, 5.74) is 0.719. The number of benzene rings is 2. The molecule has 0 aliphatic heterocycles. The highest BCUT2D eigenvalue weighted by atomic mass is 35.5. The van der Waals surface area contributed by atoms with E-state index in [0.29, 0.717) is 15.6 Å². The summed E-state index contributed by atoms with van der Waals surface area (Å²) in [7, 11) is 0. The molecule has 0 radical (unpaired) electrons. The first-order valence-electron chi connectivity index (χ1n) is 8.16. The molecule has 3 aromatic rings. The minimum absolute atomic E-state index is 0.173. The van der Waals surface area contributed by atoms with Crippen LogP contribution in [-0.2, 0) is 6.54 Å². The highest BCUT2D eigenvalue weighted by molar-refractivity contribution is 6.31. The molecule has 0 spiro atoms. The lowest BCUT2D eigenvalue weighted by atomic mass is 10.2. The number of nitrogens with one attached hydrogen (secondary N) is 1. The van der Waals surface area contributed by atoms with E-state index in [1.807, 2.05) is 0 Å². The number of rotatable bonds is 4. The van der Waals surface area contributed by atoms with Crippen LogP contribution in [0, 0.1) is 0 Å². The molecular weight excluding hydrogens is 383 g/mol. The first-order valence-corrected chi connectivity index (χ1v) is 8.92. The van der Waals surface area contributed by atoms with Gasteiger partial charge in [0.05, 0.1) is 0 Å². The largest absolute Gasteiger partial charge is 0.316 e. The molecule has 0 bridgehead atoms. The minimum Gasteiger partial charge on any atom is -0.316 e. The average Bonchev–Trinajstić information content (AvgIpc) is 2.62. The van der Waals surface area contributed by atoms with E-state index in [0.717, 1.165) is 5.56 Å². The third-order valence-corrected chi connectivity index (χ3v) is 4.34. The Hall–Kier alpha value is -2.82. The van der Waals surface area contributed by atoms with Gasteiger partial charge in [-0.1, -0.05) is 53.5 Å². The molecule has 136 valence electrons. The Bertz CT molecular complexity index is 1240. The fourth-order valence-corrected chi connectivity index (χ4v) is 3.08. The van der Waals surface area contributed by atoms with E-state index >= 15 is 0 Å². The van der Waals surface area contributed by atoms with Crippen LogP contribution in [0.5, 0.6) is 0 Å². The predicted octanol–water partition coefficient (Wildman–Crippen LogP) is 2.69. The van der Waals surface area contributed by atoms with Gasteiger partial charge in [0.1, 0.15) is 10.7 Å². The number of nitrogens with zero attached hydrogens (tertiary/aromatic N) is 1. The van der Waals surface area contributed by atoms with E-state index in [1.165, 1.54) is 4.57 Å². The Morgan fingerprint density at radius 3 is 2.11 bits per heavy atom. The Morgan fingerprint density at radius 2 is 1.56 bits per heavy atom. The molecule has 4 nitrogen and oxygen atoms in total. The van der Waals surface area contributed by atoms with Crippen molar-refractivity contribution in [3.05, 3.63) is 114 Å². The summed E-state index contributed by atoms with van der Waals surface area (Å²) in [6, 6.07) is 14.1. The van der Waals surface area contributed by atoms with Crippen LogP contribution >= 0.6 is 23.2 Å². The van der Waals surface area contributed by atoms with Gasteiger partial charge in [-0.05, 0) is 47.5 Å². The molecule has 0 amide bonds. The Balaban J connectivity index is 2.29. The highest BCUT2D eigenvalue weighted by Gasteiger charge is 2.04. The maximum atomic E-state index is 12.9. The van der Waals surface area contributed by atoms with Gasteiger partial charge in [0.25, 0.3) is 11.1 Å². The summed E-state index contributed by atoms with van der Waals surface area (Å²) in [6.45, 7) is 3.88. The number of hydrogen-bond acceptors (Lipinski definition) is 2. The fourth-order valence-electron chi connectivity index (χ4n) is 2.69. The second-order valence-electron chi connectivity index (χ2n) is 5.86. The van der Waals surface area contributed by atoms with Crippen LogP contribution in [0.15, 0.2) is 70.8 Å². The van der Waals surface area contributed by atoms with Crippen molar-refractivity contribution >= 4 is 35.4 Å². The van der Waals surface area contributed by atoms with E-state index in [9.17, 15) is 9.59 Å². The van der Waals surface area contributed by atoms with Gasteiger partial charge >= 0.3 is 0 Å². The average molecular weight is 399 g/mol. The molecule has 3 rings (SSSR count). The lowest BCUT2D eigenvalue weighted by molar-refractivity contribution is 0.717. The third kappa shape index (κ3) is 4.48. The summed E-state index contributed by atoms with van der Waals surface area (Å²) >= 11 is 12.0. The van der Waals surface area contributed by atoms with Gasteiger partial charge in [-0.2, -0.15) is 0 Å². The van der Waals surface area contributed by atoms with Gasteiger partial charge in [0.15, 0.2) is 0 Å². The maximum Gasteiger partial charge on any atom is 0.275 e. The molecule has 0 saturated carbocycles. The normalized spacial score (nSPS) is 12.4. The van der Waals surface area contributed by atoms with E-state index in [-0.39, 0.29) is 28.4 Å². The number of H-pyrrole nitrogens is 1. The minimum atomic E-state index is -0.385. The zero-order chi connectivity index (χ0) is 19.4. The van der Waals surface area contributed by atoms with Crippen molar-refractivity contribution in [2.45, 2.75) is 6.54 Å². The molecule has 1 aromatic heterocycles. The van der Waals surface area contributed by atoms with Gasteiger partial charge in [-0.25, -0.2) is 0 Å². The summed E-state index contributed by atoms with van der Waals surface area (Å²) in [6.07, 6.45) is 4.79. The molecule has 2 aromatic carbocycles. The molecule has 0 fully saturated rings. The zero-order valence-corrected chi connectivity index (χ0v) is 15.8. The lowest BCUT2D eigenvalue weighted by Crippen LogP contribution is -2.53. The van der Waals surface area contributed by atoms with Crippen molar-refractivity contribution in [1.29, 1.82) is 0 Å². The quantitative estimate of drug-likeness (QED) is 0.686. The van der Waals surface area contributed by atoms with Gasteiger partial charge in [-0.3, -0.25) is 14.2 Å². The summed E-state index contributed by atoms with van der Waals surface area (Å²) in [5, 5.41) is 1.49. The van der Waals surface area contributed by atoms with Gasteiger partial charge in [-0.15, -0.1) is 6.58 Å². The van der Waals surface area contributed by atoms with E-state index in [1.54, 1.807) is 66.8 Å². The highest BCUT2D eigenvalue weighted by Crippen LogP contribution is 2.11. The van der Waals surface area contributed by atoms with Crippen molar-refractivity contribution in [1.82, 2.24) is 9.55 Å². The van der Waals surface area contributed by atoms with Gasteiger partial charge < -0.3 is 4.98 Å². The summed E-state index contributed by atoms with van der Waals surface area (Å²) in [5.74, 6) is 0. The number of aromatic nitrogens is 2. The number of allylic oxidation sites excluding steroid dienone is 1. The van der Waals surface area contributed by atoms with E-state index in [4.69, 9.17) is 23.2 Å². The van der Waals surface area contributed by atoms with Crippen LogP contribution in [0.25, 0.3) is 12.2 Å². The van der Waals surface area contributed by atoms with Crippen molar-refractivity contribution in [2.24, 2.45) is 0 Å². The molecule has 0 unspecified atom stereocenters. The molecular formula is C21H16Cl2N2O2. The Kier molecular flexibility index (Phi) is 5.79. The molecule has 1 heterocycles. The molecule has 0 aliphatic carbocycles. The number of halogens is 2. The van der Waals surface area contributed by atoms with Crippen molar-refractivity contribution < 1.29 is 0 Å². The lowest BCUT2D eigenvalue weighted by Gasteiger charge is -2.04.